The molecule has 0 amide bonds. The van der Waals surface area contributed by atoms with E-state index in [1.54, 1.807) is 23.5 Å². The molecule has 0 unspecified atom stereocenters. The topological polar surface area (TPSA) is 0 Å². The van der Waals surface area contributed by atoms with Crippen molar-refractivity contribution in [3.8, 4) is 11.1 Å². The van der Waals surface area contributed by atoms with Crippen LogP contribution in [0.5, 0.6) is 0 Å². The van der Waals surface area contributed by atoms with E-state index in [2.05, 4.69) is 30.5 Å². The van der Waals surface area contributed by atoms with Gasteiger partial charge in [0.25, 0.3) is 0 Å². The molecule has 0 fully saturated rings. The second kappa shape index (κ2) is 5.85. The van der Waals surface area contributed by atoms with Crippen LogP contribution in [-0.2, 0) is 0 Å². The largest absolute Gasteiger partial charge is 0.129 e. The molecule has 0 atom stereocenters. The SMILES string of the molecule is CSc1ccc[c]c1-c1ccc(SC)c(Cl)c1. The Morgan fingerprint density at radius 2 is 1.82 bits per heavy atom. The second-order valence-electron chi connectivity index (χ2n) is 3.46. The number of rotatable bonds is 3. The molecule has 87 valence electrons. The summed E-state index contributed by atoms with van der Waals surface area (Å²) in [5.74, 6) is 0. The molecule has 0 aliphatic carbocycles. The van der Waals surface area contributed by atoms with Gasteiger partial charge >= 0.3 is 0 Å². The molecule has 0 heterocycles. The number of hydrogen-bond donors (Lipinski definition) is 0. The minimum Gasteiger partial charge on any atom is -0.129 e. The first kappa shape index (κ1) is 12.9. The number of halogens is 1. The van der Waals surface area contributed by atoms with Gasteiger partial charge in [0.1, 0.15) is 0 Å². The Bertz CT molecular complexity index is 523. The van der Waals surface area contributed by atoms with Crippen LogP contribution in [0.1, 0.15) is 0 Å². The van der Waals surface area contributed by atoms with Gasteiger partial charge in [0.05, 0.1) is 5.02 Å². The van der Waals surface area contributed by atoms with Crippen molar-refractivity contribution in [1.82, 2.24) is 0 Å². The van der Waals surface area contributed by atoms with Gasteiger partial charge in [-0.05, 0) is 42.3 Å². The van der Waals surface area contributed by atoms with E-state index in [0.29, 0.717) is 0 Å². The number of hydrogen-bond acceptors (Lipinski definition) is 2. The highest BCUT2D eigenvalue weighted by Gasteiger charge is 2.06. The molecule has 0 saturated heterocycles. The monoisotopic (exact) mass is 279 g/mol. The quantitative estimate of drug-likeness (QED) is 0.704. The van der Waals surface area contributed by atoms with Crippen LogP contribution in [0, 0.1) is 6.07 Å². The molecule has 17 heavy (non-hydrogen) atoms. The van der Waals surface area contributed by atoms with Gasteiger partial charge in [-0.2, -0.15) is 0 Å². The zero-order valence-electron chi connectivity index (χ0n) is 9.66. The van der Waals surface area contributed by atoms with E-state index in [1.807, 2.05) is 24.5 Å². The number of benzene rings is 2. The van der Waals surface area contributed by atoms with Crippen LogP contribution in [0.2, 0.25) is 5.02 Å². The lowest BCUT2D eigenvalue weighted by atomic mass is 10.1. The van der Waals surface area contributed by atoms with Crippen molar-refractivity contribution >= 4 is 35.1 Å². The molecule has 0 N–H and O–H groups in total. The third-order valence-corrected chi connectivity index (χ3v) is 4.48. The van der Waals surface area contributed by atoms with Gasteiger partial charge in [-0.3, -0.25) is 0 Å². The molecule has 0 spiro atoms. The lowest BCUT2D eigenvalue weighted by molar-refractivity contribution is 1.41. The first-order valence-corrected chi connectivity index (χ1v) is 7.97. The highest BCUT2D eigenvalue weighted by atomic mass is 35.5. The summed E-state index contributed by atoms with van der Waals surface area (Å²) in [7, 11) is 0. The van der Waals surface area contributed by atoms with Crippen molar-refractivity contribution in [3.05, 3.63) is 47.5 Å². The number of thioether (sulfide) groups is 2. The smallest absolute Gasteiger partial charge is 0.0547 e. The average molecular weight is 280 g/mol. The minimum atomic E-state index is 0.805. The fraction of sp³-hybridized carbons (Fsp3) is 0.143. The average Bonchev–Trinajstić information content (AvgIpc) is 2.38. The van der Waals surface area contributed by atoms with E-state index in [1.165, 1.54) is 4.90 Å². The van der Waals surface area contributed by atoms with Gasteiger partial charge < -0.3 is 0 Å². The van der Waals surface area contributed by atoms with Gasteiger partial charge in [0.2, 0.25) is 0 Å². The summed E-state index contributed by atoms with van der Waals surface area (Å²) in [6.45, 7) is 0. The van der Waals surface area contributed by atoms with Crippen LogP contribution >= 0.6 is 35.1 Å². The van der Waals surface area contributed by atoms with Crippen molar-refractivity contribution in [1.29, 1.82) is 0 Å². The first-order chi connectivity index (χ1) is 8.26. The summed E-state index contributed by atoms with van der Waals surface area (Å²) < 4.78 is 0. The van der Waals surface area contributed by atoms with Gasteiger partial charge in [-0.1, -0.05) is 29.8 Å². The van der Waals surface area contributed by atoms with Crippen LogP contribution < -0.4 is 0 Å². The molecule has 0 aromatic heterocycles. The van der Waals surface area contributed by atoms with Crippen LogP contribution in [0.4, 0.5) is 0 Å². The summed E-state index contributed by atoms with van der Waals surface area (Å²) in [5, 5.41) is 0.805. The van der Waals surface area contributed by atoms with Crippen molar-refractivity contribution in [2.75, 3.05) is 12.5 Å². The zero-order valence-corrected chi connectivity index (χ0v) is 12.0. The molecule has 3 heteroatoms. The van der Waals surface area contributed by atoms with E-state index in [0.717, 1.165) is 21.0 Å². The van der Waals surface area contributed by atoms with Crippen LogP contribution in [0.25, 0.3) is 11.1 Å². The van der Waals surface area contributed by atoms with Gasteiger partial charge in [0.15, 0.2) is 0 Å². The Labute approximate surface area is 116 Å². The van der Waals surface area contributed by atoms with Crippen molar-refractivity contribution in [2.24, 2.45) is 0 Å². The van der Waals surface area contributed by atoms with Gasteiger partial charge in [0, 0.05) is 15.4 Å². The molecule has 2 aromatic rings. The lowest BCUT2D eigenvalue weighted by Crippen LogP contribution is -1.83. The third kappa shape index (κ3) is 2.82. The molecule has 0 aliphatic heterocycles. The van der Waals surface area contributed by atoms with Crippen molar-refractivity contribution in [2.45, 2.75) is 9.79 Å². The maximum atomic E-state index is 6.23. The van der Waals surface area contributed by atoms with Crippen LogP contribution in [-0.4, -0.2) is 12.5 Å². The molecule has 0 aliphatic rings. The molecule has 1 radical (unpaired) electrons. The van der Waals surface area contributed by atoms with Gasteiger partial charge in [-0.15, -0.1) is 23.5 Å². The van der Waals surface area contributed by atoms with E-state index >= 15 is 0 Å². The summed E-state index contributed by atoms with van der Waals surface area (Å²) >= 11 is 9.62. The normalized spacial score (nSPS) is 10.5. The Morgan fingerprint density at radius 3 is 2.47 bits per heavy atom. The van der Waals surface area contributed by atoms with Crippen molar-refractivity contribution in [3.63, 3.8) is 0 Å². The van der Waals surface area contributed by atoms with Crippen LogP contribution in [0.15, 0.2) is 46.2 Å². The standard InChI is InChI=1S/C14H12ClS2/c1-16-13-6-4-3-5-11(13)10-7-8-14(17-2)12(15)9-10/h3-4,6-9H,1-2H3. The van der Waals surface area contributed by atoms with E-state index in [4.69, 9.17) is 11.6 Å². The Morgan fingerprint density at radius 1 is 1.06 bits per heavy atom. The van der Waals surface area contributed by atoms with E-state index < -0.39 is 0 Å². The lowest BCUT2D eigenvalue weighted by Gasteiger charge is -2.08. The summed E-state index contributed by atoms with van der Waals surface area (Å²) in [4.78, 5) is 2.33. The fourth-order valence-electron chi connectivity index (χ4n) is 1.64. The molecular weight excluding hydrogens is 268 g/mol. The fourth-order valence-corrected chi connectivity index (χ4v) is 3.10. The Balaban J connectivity index is 2.49. The van der Waals surface area contributed by atoms with E-state index in [-0.39, 0.29) is 0 Å². The van der Waals surface area contributed by atoms with E-state index in [9.17, 15) is 0 Å². The Kier molecular flexibility index (Phi) is 4.43. The summed E-state index contributed by atoms with van der Waals surface area (Å²) in [6, 6.07) is 15.5. The van der Waals surface area contributed by atoms with Crippen LogP contribution in [0.3, 0.4) is 0 Å². The minimum absolute atomic E-state index is 0.805. The highest BCUT2D eigenvalue weighted by molar-refractivity contribution is 7.99. The molecule has 0 saturated carbocycles. The maximum Gasteiger partial charge on any atom is 0.0547 e. The maximum absolute atomic E-state index is 6.23. The molecule has 2 aromatic carbocycles. The second-order valence-corrected chi connectivity index (χ2v) is 5.57. The predicted octanol–water partition coefficient (Wildman–Crippen LogP) is 5.25. The Hall–Kier alpha value is -0.570. The third-order valence-electron chi connectivity index (χ3n) is 2.48. The molecular formula is C14H12ClS2. The molecule has 0 nitrogen and oxygen atoms in total. The highest BCUT2D eigenvalue weighted by Crippen LogP contribution is 2.34. The molecule has 0 bridgehead atoms. The summed E-state index contributed by atoms with van der Waals surface area (Å²) in [5.41, 5.74) is 2.24. The van der Waals surface area contributed by atoms with Crippen molar-refractivity contribution < 1.29 is 0 Å². The molecule has 2 rings (SSSR count). The van der Waals surface area contributed by atoms with Gasteiger partial charge in [-0.25, -0.2) is 0 Å². The predicted molar refractivity (Wildman–Crippen MR) is 79.3 cm³/mol. The first-order valence-electron chi connectivity index (χ1n) is 5.15. The zero-order chi connectivity index (χ0) is 12.3. The summed E-state index contributed by atoms with van der Waals surface area (Å²) in [6.07, 6.45) is 4.10.